The van der Waals surface area contributed by atoms with Crippen molar-refractivity contribution in [3.63, 3.8) is 0 Å². The average Bonchev–Trinajstić information content (AvgIpc) is 3.36. The Hall–Kier alpha value is -3.30. The monoisotopic (exact) mass is 359 g/mol. The molecule has 2 amide bonds. The molecule has 1 saturated carbocycles. The van der Waals surface area contributed by atoms with Crippen LogP contribution in [0.1, 0.15) is 40.8 Å². The number of nitrogens with one attached hydrogen (secondary N) is 2. The fraction of sp³-hybridized carbons (Fsp3) is 0.375. The summed E-state index contributed by atoms with van der Waals surface area (Å²) < 4.78 is 4.90. The molecule has 2 aromatic rings. The number of carbonyl (C=O) groups excluding carboxylic acids is 2. The largest absolute Gasteiger partial charge is 0.354 e. The quantitative estimate of drug-likeness (QED) is 0.406. The number of amides is 2. The van der Waals surface area contributed by atoms with Crippen molar-refractivity contribution >= 4 is 17.5 Å². The van der Waals surface area contributed by atoms with Crippen LogP contribution >= 0.6 is 0 Å². The lowest BCUT2D eigenvalue weighted by Gasteiger charge is -2.06. The molecular formula is C16H17N5O5. The Kier molecular flexibility index (Phi) is 5.20. The van der Waals surface area contributed by atoms with Gasteiger partial charge < -0.3 is 15.2 Å². The van der Waals surface area contributed by atoms with Crippen molar-refractivity contribution < 1.29 is 19.0 Å². The maximum absolute atomic E-state index is 11.8. The summed E-state index contributed by atoms with van der Waals surface area (Å²) >= 11 is 0. The SMILES string of the molecule is O=C(Cc1ccc([N+](=O)[O-])cc1)NCCNC(=O)c1nc(C2CC2)no1. The highest BCUT2D eigenvalue weighted by Crippen LogP contribution is 2.38. The van der Waals surface area contributed by atoms with Gasteiger partial charge in [-0.05, 0) is 18.4 Å². The number of nitro groups is 1. The van der Waals surface area contributed by atoms with Gasteiger partial charge in [-0.25, -0.2) is 0 Å². The number of nitro benzene ring substituents is 1. The van der Waals surface area contributed by atoms with Crippen molar-refractivity contribution in [2.75, 3.05) is 13.1 Å². The third-order valence-corrected chi connectivity index (χ3v) is 3.82. The standard InChI is InChI=1S/C16H17N5O5/c22-13(9-10-1-5-12(6-2-10)21(24)25)17-7-8-18-15(23)16-19-14(20-26-16)11-3-4-11/h1-2,5-6,11H,3-4,7-9H2,(H,17,22)(H,18,23). The van der Waals surface area contributed by atoms with Crippen LogP contribution in [0.2, 0.25) is 0 Å². The number of rotatable bonds is 8. The van der Waals surface area contributed by atoms with Crippen LogP contribution in [-0.4, -0.2) is 40.0 Å². The van der Waals surface area contributed by atoms with Gasteiger partial charge in [0, 0.05) is 31.1 Å². The molecule has 0 spiro atoms. The number of benzene rings is 1. The first-order valence-electron chi connectivity index (χ1n) is 8.15. The molecule has 1 aromatic heterocycles. The molecular weight excluding hydrogens is 342 g/mol. The number of nitrogens with zero attached hydrogens (tertiary/aromatic N) is 3. The Balaban J connectivity index is 1.36. The first kappa shape index (κ1) is 17.5. The molecule has 0 radical (unpaired) electrons. The molecule has 1 fully saturated rings. The Morgan fingerprint density at radius 1 is 1.19 bits per heavy atom. The van der Waals surface area contributed by atoms with Crippen LogP contribution < -0.4 is 10.6 Å². The van der Waals surface area contributed by atoms with Crippen molar-refractivity contribution in [1.82, 2.24) is 20.8 Å². The Labute approximate surface area is 148 Å². The van der Waals surface area contributed by atoms with Crippen molar-refractivity contribution in [2.24, 2.45) is 0 Å². The van der Waals surface area contributed by atoms with E-state index in [4.69, 9.17) is 4.52 Å². The Bertz CT molecular complexity index is 813. The molecule has 1 heterocycles. The first-order valence-corrected chi connectivity index (χ1v) is 8.15. The van der Waals surface area contributed by atoms with E-state index >= 15 is 0 Å². The van der Waals surface area contributed by atoms with Crippen LogP contribution in [0, 0.1) is 10.1 Å². The van der Waals surface area contributed by atoms with Crippen molar-refractivity contribution in [3.8, 4) is 0 Å². The van der Waals surface area contributed by atoms with Crippen molar-refractivity contribution in [3.05, 3.63) is 51.7 Å². The summed E-state index contributed by atoms with van der Waals surface area (Å²) in [7, 11) is 0. The lowest BCUT2D eigenvalue weighted by molar-refractivity contribution is -0.384. The van der Waals surface area contributed by atoms with Crippen molar-refractivity contribution in [1.29, 1.82) is 0 Å². The lowest BCUT2D eigenvalue weighted by atomic mass is 10.1. The molecule has 3 rings (SSSR count). The highest BCUT2D eigenvalue weighted by atomic mass is 16.6. The summed E-state index contributed by atoms with van der Waals surface area (Å²) in [6.07, 6.45) is 2.13. The second kappa shape index (κ2) is 7.72. The zero-order valence-corrected chi connectivity index (χ0v) is 13.8. The minimum absolute atomic E-state index is 0.0252. The van der Waals surface area contributed by atoms with Gasteiger partial charge in [0.05, 0.1) is 11.3 Å². The molecule has 10 nitrogen and oxygen atoms in total. The van der Waals surface area contributed by atoms with Crippen LogP contribution in [0.25, 0.3) is 0 Å². The summed E-state index contributed by atoms with van der Waals surface area (Å²) in [5, 5.41) is 19.6. The third-order valence-electron chi connectivity index (χ3n) is 3.82. The predicted molar refractivity (Wildman–Crippen MR) is 88.4 cm³/mol. The molecule has 0 aliphatic heterocycles. The minimum atomic E-state index is -0.496. The fourth-order valence-corrected chi connectivity index (χ4v) is 2.27. The van der Waals surface area contributed by atoms with Crippen molar-refractivity contribution in [2.45, 2.75) is 25.2 Å². The predicted octanol–water partition coefficient (Wildman–Crippen LogP) is 0.944. The number of non-ortho nitro benzene ring substituents is 1. The summed E-state index contributed by atoms with van der Waals surface area (Å²) in [4.78, 5) is 37.8. The number of carbonyl (C=O) groups is 2. The zero-order chi connectivity index (χ0) is 18.5. The Morgan fingerprint density at radius 3 is 2.54 bits per heavy atom. The smallest absolute Gasteiger partial charge is 0.315 e. The van der Waals surface area contributed by atoms with E-state index in [9.17, 15) is 19.7 Å². The van der Waals surface area contributed by atoms with Gasteiger partial charge in [0.1, 0.15) is 0 Å². The van der Waals surface area contributed by atoms with E-state index < -0.39 is 10.8 Å². The van der Waals surface area contributed by atoms with Gasteiger partial charge >= 0.3 is 11.8 Å². The molecule has 0 atom stereocenters. The lowest BCUT2D eigenvalue weighted by Crippen LogP contribution is -2.35. The maximum Gasteiger partial charge on any atom is 0.315 e. The van der Waals surface area contributed by atoms with Gasteiger partial charge in [-0.2, -0.15) is 4.98 Å². The normalized spacial score (nSPS) is 13.2. The van der Waals surface area contributed by atoms with Gasteiger partial charge in [-0.1, -0.05) is 17.3 Å². The second-order valence-electron chi connectivity index (χ2n) is 5.94. The highest BCUT2D eigenvalue weighted by Gasteiger charge is 2.29. The van der Waals surface area contributed by atoms with Crippen LogP contribution in [0.5, 0.6) is 0 Å². The molecule has 136 valence electrons. The van der Waals surface area contributed by atoms with Crippen LogP contribution in [-0.2, 0) is 11.2 Å². The number of aromatic nitrogens is 2. The van der Waals surface area contributed by atoms with Crippen LogP contribution in [0.4, 0.5) is 5.69 Å². The molecule has 0 bridgehead atoms. The van der Waals surface area contributed by atoms with E-state index in [-0.39, 0.29) is 37.0 Å². The number of hydrogen-bond acceptors (Lipinski definition) is 7. The third kappa shape index (κ3) is 4.62. The summed E-state index contributed by atoms with van der Waals surface area (Å²) in [6, 6.07) is 5.77. The molecule has 0 unspecified atom stereocenters. The molecule has 2 N–H and O–H groups in total. The second-order valence-corrected chi connectivity index (χ2v) is 5.94. The summed E-state index contributed by atoms with van der Waals surface area (Å²) in [5.74, 6) is 0.0607. The van der Waals surface area contributed by atoms with E-state index in [1.165, 1.54) is 24.3 Å². The van der Waals surface area contributed by atoms with Crippen LogP contribution in [0.15, 0.2) is 28.8 Å². The average molecular weight is 359 g/mol. The molecule has 1 aromatic carbocycles. The van der Waals surface area contributed by atoms with Crippen LogP contribution in [0.3, 0.4) is 0 Å². The van der Waals surface area contributed by atoms with Gasteiger partial charge in [-0.15, -0.1) is 0 Å². The van der Waals surface area contributed by atoms with E-state index in [0.29, 0.717) is 17.3 Å². The molecule has 1 aliphatic carbocycles. The number of hydrogen-bond donors (Lipinski definition) is 2. The van der Waals surface area contributed by atoms with Gasteiger partial charge in [-0.3, -0.25) is 19.7 Å². The van der Waals surface area contributed by atoms with Gasteiger partial charge in [0.2, 0.25) is 5.91 Å². The Morgan fingerprint density at radius 2 is 1.88 bits per heavy atom. The minimum Gasteiger partial charge on any atom is -0.354 e. The van der Waals surface area contributed by atoms with Gasteiger partial charge in [0.25, 0.3) is 5.69 Å². The molecule has 26 heavy (non-hydrogen) atoms. The summed E-state index contributed by atoms with van der Waals surface area (Å²) in [5.41, 5.74) is 0.637. The van der Waals surface area contributed by atoms with Gasteiger partial charge in [0.15, 0.2) is 5.82 Å². The van der Waals surface area contributed by atoms with E-state index in [2.05, 4.69) is 20.8 Å². The maximum atomic E-state index is 11.8. The summed E-state index contributed by atoms with van der Waals surface area (Å²) in [6.45, 7) is 0.452. The zero-order valence-electron chi connectivity index (χ0n) is 13.8. The topological polar surface area (TPSA) is 140 Å². The molecule has 10 heteroatoms. The first-order chi connectivity index (χ1) is 12.5. The molecule has 0 saturated heterocycles. The molecule has 1 aliphatic rings. The van der Waals surface area contributed by atoms with E-state index in [1.54, 1.807) is 0 Å². The fourth-order valence-electron chi connectivity index (χ4n) is 2.27. The van der Waals surface area contributed by atoms with E-state index in [0.717, 1.165) is 12.8 Å². The highest BCUT2D eigenvalue weighted by molar-refractivity contribution is 5.89. The van der Waals surface area contributed by atoms with E-state index in [1.807, 2.05) is 0 Å².